The van der Waals surface area contributed by atoms with E-state index in [0.29, 0.717) is 18.7 Å². The summed E-state index contributed by atoms with van der Waals surface area (Å²) in [6.07, 6.45) is 0.778. The molecular formula is C20H21NO4. The van der Waals surface area contributed by atoms with Crippen molar-refractivity contribution in [2.45, 2.75) is 19.8 Å². The van der Waals surface area contributed by atoms with Gasteiger partial charge in [0.25, 0.3) is 0 Å². The third-order valence-corrected chi connectivity index (χ3v) is 4.29. The lowest BCUT2D eigenvalue weighted by Gasteiger charge is -2.15. The van der Waals surface area contributed by atoms with Crippen LogP contribution in [0.25, 0.3) is 0 Å². The summed E-state index contributed by atoms with van der Waals surface area (Å²) in [7, 11) is 1.61. The zero-order chi connectivity index (χ0) is 17.8. The van der Waals surface area contributed by atoms with E-state index < -0.39 is 0 Å². The molecule has 3 rings (SSSR count). The molecule has 0 spiro atoms. The number of hydrogen-bond acceptors (Lipinski definition) is 4. The van der Waals surface area contributed by atoms with Gasteiger partial charge in [0.15, 0.2) is 0 Å². The van der Waals surface area contributed by atoms with Gasteiger partial charge in [-0.3, -0.25) is 14.5 Å². The fraction of sp³-hybridized carbons (Fsp3) is 0.300. The maximum Gasteiger partial charge on any atom is 0.237 e. The molecule has 1 fully saturated rings. The lowest BCUT2D eigenvalue weighted by Crippen LogP contribution is -2.30. The molecule has 1 saturated heterocycles. The highest BCUT2D eigenvalue weighted by Gasteiger charge is 2.39. The maximum atomic E-state index is 12.7. The molecule has 1 aliphatic heterocycles. The van der Waals surface area contributed by atoms with Crippen molar-refractivity contribution in [3.63, 3.8) is 0 Å². The minimum absolute atomic E-state index is 0.148. The lowest BCUT2D eigenvalue weighted by molar-refractivity contribution is -0.122. The third-order valence-electron chi connectivity index (χ3n) is 4.29. The van der Waals surface area contributed by atoms with E-state index in [0.717, 1.165) is 17.1 Å². The number of methoxy groups -OCH3 is 1. The molecule has 5 nitrogen and oxygen atoms in total. The predicted octanol–water partition coefficient (Wildman–Crippen LogP) is 3.22. The average molecular weight is 339 g/mol. The Kier molecular flexibility index (Phi) is 5.03. The molecule has 0 radical (unpaired) electrons. The van der Waals surface area contributed by atoms with E-state index in [1.54, 1.807) is 31.4 Å². The van der Waals surface area contributed by atoms with Gasteiger partial charge in [-0.05, 0) is 55.3 Å². The molecule has 1 aliphatic rings. The van der Waals surface area contributed by atoms with Crippen molar-refractivity contribution in [3.8, 4) is 11.5 Å². The van der Waals surface area contributed by atoms with Gasteiger partial charge in [0.1, 0.15) is 11.5 Å². The highest BCUT2D eigenvalue weighted by atomic mass is 16.5. The topological polar surface area (TPSA) is 55.8 Å². The minimum atomic E-state index is -0.326. The molecule has 25 heavy (non-hydrogen) atoms. The van der Waals surface area contributed by atoms with Crippen LogP contribution in [0, 0.1) is 5.92 Å². The number of hydrogen-bond donors (Lipinski definition) is 0. The van der Waals surface area contributed by atoms with E-state index in [2.05, 4.69) is 0 Å². The molecule has 2 aromatic carbocycles. The van der Waals surface area contributed by atoms with Crippen molar-refractivity contribution in [3.05, 3.63) is 54.1 Å². The summed E-state index contributed by atoms with van der Waals surface area (Å²) in [6, 6.07) is 14.6. The standard InChI is InChI=1S/C20H21NO4/c1-3-25-18-10-6-16(7-11-18)21-19(22)13-15(20(21)23)12-14-4-8-17(24-2)9-5-14/h4-11,15H,3,12-13H2,1-2H3/t15-/m1/s1. The van der Waals surface area contributed by atoms with Crippen LogP contribution in [0.2, 0.25) is 0 Å². The van der Waals surface area contributed by atoms with Gasteiger partial charge in [0, 0.05) is 6.42 Å². The smallest absolute Gasteiger partial charge is 0.237 e. The lowest BCUT2D eigenvalue weighted by atomic mass is 9.98. The second-order valence-electron chi connectivity index (χ2n) is 5.95. The Morgan fingerprint density at radius 2 is 1.64 bits per heavy atom. The summed E-state index contributed by atoms with van der Waals surface area (Å²) in [5.74, 6) is 0.860. The first kappa shape index (κ1) is 17.0. The highest BCUT2D eigenvalue weighted by Crippen LogP contribution is 2.30. The maximum absolute atomic E-state index is 12.7. The summed E-state index contributed by atoms with van der Waals surface area (Å²) < 4.78 is 10.5. The molecule has 0 bridgehead atoms. The molecule has 0 aliphatic carbocycles. The van der Waals surface area contributed by atoms with Crippen molar-refractivity contribution < 1.29 is 19.1 Å². The van der Waals surface area contributed by atoms with Crippen LogP contribution in [-0.2, 0) is 16.0 Å². The number of rotatable bonds is 6. The SMILES string of the molecule is CCOc1ccc(N2C(=O)C[C@@H](Cc3ccc(OC)cc3)C2=O)cc1. The van der Waals surface area contributed by atoms with Crippen LogP contribution in [-0.4, -0.2) is 25.5 Å². The number of amides is 2. The number of anilines is 1. The quantitative estimate of drug-likeness (QED) is 0.758. The number of benzene rings is 2. The van der Waals surface area contributed by atoms with Gasteiger partial charge in [-0.2, -0.15) is 0 Å². The summed E-state index contributed by atoms with van der Waals surface area (Å²) in [5, 5.41) is 0. The Morgan fingerprint density at radius 3 is 2.24 bits per heavy atom. The first-order valence-electron chi connectivity index (χ1n) is 8.35. The van der Waals surface area contributed by atoms with Gasteiger partial charge in [-0.1, -0.05) is 12.1 Å². The van der Waals surface area contributed by atoms with E-state index in [1.807, 2.05) is 31.2 Å². The summed E-state index contributed by atoms with van der Waals surface area (Å²) >= 11 is 0. The largest absolute Gasteiger partial charge is 0.497 e. The number of ether oxygens (including phenoxy) is 2. The zero-order valence-corrected chi connectivity index (χ0v) is 14.4. The summed E-state index contributed by atoms with van der Waals surface area (Å²) in [4.78, 5) is 26.3. The van der Waals surface area contributed by atoms with Gasteiger partial charge in [0.05, 0.1) is 25.3 Å². The molecular weight excluding hydrogens is 318 g/mol. The fourth-order valence-electron chi connectivity index (χ4n) is 3.03. The molecule has 0 unspecified atom stereocenters. The highest BCUT2D eigenvalue weighted by molar-refractivity contribution is 6.21. The van der Waals surface area contributed by atoms with E-state index in [-0.39, 0.29) is 24.2 Å². The van der Waals surface area contributed by atoms with Crippen LogP contribution >= 0.6 is 0 Å². The number of imide groups is 1. The summed E-state index contributed by atoms with van der Waals surface area (Å²) in [6.45, 7) is 2.48. The van der Waals surface area contributed by atoms with Gasteiger partial charge in [0.2, 0.25) is 11.8 Å². The van der Waals surface area contributed by atoms with Crippen molar-refractivity contribution in [1.82, 2.24) is 0 Å². The Bertz CT molecular complexity index is 752. The minimum Gasteiger partial charge on any atom is -0.497 e. The van der Waals surface area contributed by atoms with Crippen molar-refractivity contribution in [2.24, 2.45) is 5.92 Å². The van der Waals surface area contributed by atoms with E-state index in [4.69, 9.17) is 9.47 Å². The van der Waals surface area contributed by atoms with Gasteiger partial charge >= 0.3 is 0 Å². The number of carbonyl (C=O) groups is 2. The molecule has 2 amide bonds. The van der Waals surface area contributed by atoms with E-state index in [1.165, 1.54) is 4.90 Å². The summed E-state index contributed by atoms with van der Waals surface area (Å²) in [5.41, 5.74) is 1.61. The van der Waals surface area contributed by atoms with Gasteiger partial charge < -0.3 is 9.47 Å². The van der Waals surface area contributed by atoms with Crippen molar-refractivity contribution in [2.75, 3.05) is 18.6 Å². The van der Waals surface area contributed by atoms with Crippen molar-refractivity contribution in [1.29, 1.82) is 0 Å². The second-order valence-corrected chi connectivity index (χ2v) is 5.95. The monoisotopic (exact) mass is 339 g/mol. The second kappa shape index (κ2) is 7.38. The van der Waals surface area contributed by atoms with Gasteiger partial charge in [-0.15, -0.1) is 0 Å². The van der Waals surface area contributed by atoms with Gasteiger partial charge in [-0.25, -0.2) is 0 Å². The molecule has 2 aromatic rings. The van der Waals surface area contributed by atoms with Crippen LogP contribution in [0.5, 0.6) is 11.5 Å². The van der Waals surface area contributed by atoms with Crippen LogP contribution < -0.4 is 14.4 Å². The number of carbonyl (C=O) groups excluding carboxylic acids is 2. The molecule has 0 aromatic heterocycles. The van der Waals surface area contributed by atoms with E-state index >= 15 is 0 Å². The number of nitrogens with zero attached hydrogens (tertiary/aromatic N) is 1. The Balaban J connectivity index is 1.72. The molecule has 130 valence electrons. The van der Waals surface area contributed by atoms with Crippen LogP contribution in [0.15, 0.2) is 48.5 Å². The molecule has 5 heteroatoms. The van der Waals surface area contributed by atoms with Crippen LogP contribution in [0.1, 0.15) is 18.9 Å². The molecule has 0 saturated carbocycles. The molecule has 1 heterocycles. The molecule has 0 N–H and O–H groups in total. The first-order valence-corrected chi connectivity index (χ1v) is 8.35. The third kappa shape index (κ3) is 3.65. The van der Waals surface area contributed by atoms with Crippen LogP contribution in [0.3, 0.4) is 0 Å². The Labute approximate surface area is 147 Å². The Morgan fingerprint density at radius 1 is 1.00 bits per heavy atom. The first-order chi connectivity index (χ1) is 12.1. The predicted molar refractivity (Wildman–Crippen MR) is 94.9 cm³/mol. The van der Waals surface area contributed by atoms with Crippen molar-refractivity contribution >= 4 is 17.5 Å². The zero-order valence-electron chi connectivity index (χ0n) is 14.4. The normalized spacial score (nSPS) is 17.0. The fourth-order valence-corrected chi connectivity index (χ4v) is 3.03. The van der Waals surface area contributed by atoms with E-state index in [9.17, 15) is 9.59 Å². The van der Waals surface area contributed by atoms with Crippen LogP contribution in [0.4, 0.5) is 5.69 Å². The molecule has 1 atom stereocenters. The Hall–Kier alpha value is -2.82. The average Bonchev–Trinajstić information content (AvgIpc) is 2.90.